The lowest BCUT2D eigenvalue weighted by molar-refractivity contribution is -0.120. The Balaban J connectivity index is 2.40. The molecule has 1 heterocycles. The van der Waals surface area contributed by atoms with Crippen LogP contribution in [0.4, 0.5) is 5.13 Å². The summed E-state index contributed by atoms with van der Waals surface area (Å²) in [5.74, 6) is -0.222. The van der Waals surface area contributed by atoms with Crippen LogP contribution in [0.1, 0.15) is 33.4 Å². The van der Waals surface area contributed by atoms with Crippen LogP contribution in [0.25, 0.3) is 0 Å². The molecule has 3 N–H and O–H groups in total. The standard InChI is InChI=1S/C14H24N4O2S/c1-5-15-10(4)7-16-12(19)6-11-8-21-14(17-11)18-13(20)9(2)3/h8-10,15H,5-7H2,1-4H3,(H,16,19)(H,17,18,20)/t10-/m1/s1. The van der Waals surface area contributed by atoms with Crippen molar-refractivity contribution in [2.24, 2.45) is 5.92 Å². The molecule has 1 atom stereocenters. The van der Waals surface area contributed by atoms with Crippen LogP contribution in [0.5, 0.6) is 0 Å². The van der Waals surface area contributed by atoms with E-state index in [0.29, 0.717) is 17.4 Å². The SMILES string of the molecule is CCN[C@H](C)CNC(=O)Cc1csc(NC(=O)C(C)C)n1. The molecule has 1 rings (SSSR count). The van der Waals surface area contributed by atoms with Gasteiger partial charge in [-0.3, -0.25) is 9.59 Å². The molecule has 6 nitrogen and oxygen atoms in total. The second-order valence-electron chi connectivity index (χ2n) is 5.23. The topological polar surface area (TPSA) is 83.1 Å². The minimum Gasteiger partial charge on any atom is -0.354 e. The first-order valence-corrected chi connectivity index (χ1v) is 8.05. The largest absolute Gasteiger partial charge is 0.354 e. The number of anilines is 1. The van der Waals surface area contributed by atoms with Gasteiger partial charge in [0.05, 0.1) is 12.1 Å². The Morgan fingerprint density at radius 1 is 1.33 bits per heavy atom. The van der Waals surface area contributed by atoms with Crippen molar-refractivity contribution in [2.45, 2.75) is 40.2 Å². The van der Waals surface area contributed by atoms with Crippen molar-refractivity contribution >= 4 is 28.3 Å². The molecule has 1 aromatic heterocycles. The van der Waals surface area contributed by atoms with Gasteiger partial charge in [0.1, 0.15) is 0 Å². The van der Waals surface area contributed by atoms with Crippen molar-refractivity contribution in [3.05, 3.63) is 11.1 Å². The summed E-state index contributed by atoms with van der Waals surface area (Å²) in [6.07, 6.45) is 0.229. The zero-order chi connectivity index (χ0) is 15.8. The van der Waals surface area contributed by atoms with Crippen LogP contribution in [0.15, 0.2) is 5.38 Å². The van der Waals surface area contributed by atoms with Crippen molar-refractivity contribution < 1.29 is 9.59 Å². The quantitative estimate of drug-likeness (QED) is 0.677. The maximum atomic E-state index is 11.8. The molecule has 118 valence electrons. The molecule has 0 aliphatic heterocycles. The molecule has 1 aromatic rings. The molecule has 2 amide bonds. The van der Waals surface area contributed by atoms with Crippen molar-refractivity contribution in [3.63, 3.8) is 0 Å². The molecule has 0 bridgehead atoms. The predicted molar refractivity (Wildman–Crippen MR) is 85.4 cm³/mol. The van der Waals surface area contributed by atoms with Gasteiger partial charge in [-0.1, -0.05) is 20.8 Å². The van der Waals surface area contributed by atoms with E-state index >= 15 is 0 Å². The maximum Gasteiger partial charge on any atom is 0.228 e. The first-order chi connectivity index (χ1) is 9.92. The minimum atomic E-state index is -0.0896. The van der Waals surface area contributed by atoms with Crippen LogP contribution in [0.2, 0.25) is 0 Å². The Hall–Kier alpha value is -1.47. The van der Waals surface area contributed by atoms with E-state index in [1.165, 1.54) is 11.3 Å². The summed E-state index contributed by atoms with van der Waals surface area (Å²) >= 11 is 1.33. The van der Waals surface area contributed by atoms with Gasteiger partial charge >= 0.3 is 0 Å². The molecule has 0 saturated carbocycles. The fraction of sp³-hybridized carbons (Fsp3) is 0.643. The summed E-state index contributed by atoms with van der Waals surface area (Å²) in [5, 5.41) is 11.1. The van der Waals surface area contributed by atoms with Crippen molar-refractivity contribution in [1.82, 2.24) is 15.6 Å². The molecular weight excluding hydrogens is 288 g/mol. The van der Waals surface area contributed by atoms with Gasteiger partial charge in [-0.15, -0.1) is 11.3 Å². The van der Waals surface area contributed by atoms with E-state index in [-0.39, 0.29) is 30.2 Å². The second kappa shape index (κ2) is 8.74. The monoisotopic (exact) mass is 312 g/mol. The Morgan fingerprint density at radius 3 is 2.67 bits per heavy atom. The van der Waals surface area contributed by atoms with E-state index < -0.39 is 0 Å². The smallest absolute Gasteiger partial charge is 0.228 e. The van der Waals surface area contributed by atoms with E-state index in [1.807, 2.05) is 27.7 Å². The van der Waals surface area contributed by atoms with Gasteiger partial charge in [0.25, 0.3) is 0 Å². The molecular formula is C14H24N4O2S. The third kappa shape index (κ3) is 6.68. The van der Waals surface area contributed by atoms with Crippen LogP contribution in [0.3, 0.4) is 0 Å². The normalized spacial score (nSPS) is 12.2. The number of carbonyl (C=O) groups excluding carboxylic acids is 2. The van der Waals surface area contributed by atoms with Crippen molar-refractivity contribution in [2.75, 3.05) is 18.4 Å². The lowest BCUT2D eigenvalue weighted by atomic mass is 10.2. The number of amides is 2. The van der Waals surface area contributed by atoms with E-state index in [2.05, 4.69) is 20.9 Å². The van der Waals surface area contributed by atoms with Crippen LogP contribution in [-0.4, -0.2) is 35.9 Å². The fourth-order valence-electron chi connectivity index (χ4n) is 1.61. The van der Waals surface area contributed by atoms with Crippen LogP contribution < -0.4 is 16.0 Å². The van der Waals surface area contributed by atoms with E-state index in [4.69, 9.17) is 0 Å². The van der Waals surface area contributed by atoms with Gasteiger partial charge in [0.2, 0.25) is 11.8 Å². The highest BCUT2D eigenvalue weighted by molar-refractivity contribution is 7.13. The molecule has 0 aromatic carbocycles. The number of hydrogen-bond donors (Lipinski definition) is 3. The first-order valence-electron chi connectivity index (χ1n) is 7.17. The highest BCUT2D eigenvalue weighted by atomic mass is 32.1. The number of thiazole rings is 1. The number of likely N-dealkylation sites (N-methyl/N-ethyl adjacent to an activating group) is 1. The van der Waals surface area contributed by atoms with Crippen LogP contribution >= 0.6 is 11.3 Å². The van der Waals surface area contributed by atoms with E-state index in [1.54, 1.807) is 5.38 Å². The fourth-order valence-corrected chi connectivity index (χ4v) is 2.32. The third-order valence-corrected chi connectivity index (χ3v) is 3.61. The summed E-state index contributed by atoms with van der Waals surface area (Å²) < 4.78 is 0. The molecule has 0 radical (unpaired) electrons. The van der Waals surface area contributed by atoms with Crippen molar-refractivity contribution in [3.8, 4) is 0 Å². The minimum absolute atomic E-state index is 0.0632. The number of aromatic nitrogens is 1. The van der Waals surface area contributed by atoms with Gasteiger partial charge in [-0.05, 0) is 13.5 Å². The Bertz CT molecular complexity index is 473. The Labute approximate surface area is 129 Å². The van der Waals surface area contributed by atoms with Crippen molar-refractivity contribution in [1.29, 1.82) is 0 Å². The average Bonchev–Trinajstić information content (AvgIpc) is 2.84. The summed E-state index contributed by atoms with van der Waals surface area (Å²) in [5.41, 5.74) is 0.674. The van der Waals surface area contributed by atoms with Gasteiger partial charge in [0, 0.05) is 23.9 Å². The summed E-state index contributed by atoms with van der Waals surface area (Å²) in [4.78, 5) is 27.6. The average molecular weight is 312 g/mol. The molecule has 0 aliphatic carbocycles. The summed E-state index contributed by atoms with van der Waals surface area (Å²) in [7, 11) is 0. The molecule has 21 heavy (non-hydrogen) atoms. The van der Waals surface area contributed by atoms with Gasteiger partial charge in [-0.25, -0.2) is 4.98 Å². The molecule has 0 saturated heterocycles. The predicted octanol–water partition coefficient (Wildman–Crippen LogP) is 1.39. The molecule has 0 aliphatic rings. The highest BCUT2D eigenvalue weighted by Crippen LogP contribution is 2.16. The zero-order valence-corrected chi connectivity index (χ0v) is 13.8. The molecule has 0 fully saturated rings. The number of rotatable bonds is 8. The van der Waals surface area contributed by atoms with Crippen LogP contribution in [-0.2, 0) is 16.0 Å². The summed E-state index contributed by atoms with van der Waals surface area (Å²) in [6.45, 7) is 9.16. The Kier molecular flexibility index (Phi) is 7.31. The summed E-state index contributed by atoms with van der Waals surface area (Å²) in [6, 6.07) is 0.246. The number of carbonyl (C=O) groups is 2. The number of nitrogens with one attached hydrogen (secondary N) is 3. The molecule has 7 heteroatoms. The number of nitrogens with zero attached hydrogens (tertiary/aromatic N) is 1. The molecule has 0 unspecified atom stereocenters. The lowest BCUT2D eigenvalue weighted by Gasteiger charge is -2.12. The lowest BCUT2D eigenvalue weighted by Crippen LogP contribution is -2.39. The highest BCUT2D eigenvalue weighted by Gasteiger charge is 2.12. The van der Waals surface area contributed by atoms with E-state index in [9.17, 15) is 9.59 Å². The van der Waals surface area contributed by atoms with Gasteiger partial charge in [0.15, 0.2) is 5.13 Å². The third-order valence-electron chi connectivity index (χ3n) is 2.81. The molecule has 0 spiro atoms. The number of hydrogen-bond acceptors (Lipinski definition) is 5. The van der Waals surface area contributed by atoms with Gasteiger partial charge in [-0.2, -0.15) is 0 Å². The Morgan fingerprint density at radius 2 is 2.05 bits per heavy atom. The zero-order valence-electron chi connectivity index (χ0n) is 13.0. The van der Waals surface area contributed by atoms with E-state index in [0.717, 1.165) is 6.54 Å². The maximum absolute atomic E-state index is 11.8. The van der Waals surface area contributed by atoms with Crippen LogP contribution in [0, 0.1) is 5.92 Å². The van der Waals surface area contributed by atoms with Gasteiger partial charge < -0.3 is 16.0 Å². The first kappa shape index (κ1) is 17.6. The second-order valence-corrected chi connectivity index (χ2v) is 6.09.